The standard InChI is InChI=1S/C13H12ClN5O2/c14-8-3-1-7(2-4-8)10-16-9-11(19(10)5-6-20)17-13(15)18-12(9)21/h1-4,20H,5-6H2,(H3,15,17,18,21). The zero-order valence-corrected chi connectivity index (χ0v) is 11.6. The molecule has 21 heavy (non-hydrogen) atoms. The van der Waals surface area contributed by atoms with Gasteiger partial charge in [-0.1, -0.05) is 11.6 Å². The van der Waals surface area contributed by atoms with E-state index in [0.717, 1.165) is 5.56 Å². The van der Waals surface area contributed by atoms with E-state index in [1.54, 1.807) is 28.8 Å². The van der Waals surface area contributed by atoms with E-state index in [-0.39, 0.29) is 24.6 Å². The number of rotatable bonds is 3. The van der Waals surface area contributed by atoms with Crippen LogP contribution in [0.3, 0.4) is 0 Å². The summed E-state index contributed by atoms with van der Waals surface area (Å²) in [6.45, 7) is 0.144. The topological polar surface area (TPSA) is 110 Å². The number of aliphatic hydroxyl groups is 1. The number of hydrogen-bond acceptors (Lipinski definition) is 5. The molecule has 0 radical (unpaired) electrons. The third-order valence-corrected chi connectivity index (χ3v) is 3.30. The molecule has 0 fully saturated rings. The molecule has 0 amide bonds. The molecular weight excluding hydrogens is 294 g/mol. The molecule has 0 saturated heterocycles. The van der Waals surface area contributed by atoms with Gasteiger partial charge in [0.2, 0.25) is 5.95 Å². The van der Waals surface area contributed by atoms with Gasteiger partial charge in [0.15, 0.2) is 11.2 Å². The maximum Gasteiger partial charge on any atom is 0.280 e. The Labute approximate surface area is 124 Å². The second-order valence-electron chi connectivity index (χ2n) is 4.44. The lowest BCUT2D eigenvalue weighted by atomic mass is 10.2. The van der Waals surface area contributed by atoms with Crippen molar-refractivity contribution in [3.63, 3.8) is 0 Å². The minimum atomic E-state index is -0.413. The summed E-state index contributed by atoms with van der Waals surface area (Å²) in [5, 5.41) is 9.84. The normalized spacial score (nSPS) is 11.1. The second kappa shape index (κ2) is 5.19. The zero-order chi connectivity index (χ0) is 15.0. The maximum atomic E-state index is 11.9. The van der Waals surface area contributed by atoms with Gasteiger partial charge in [-0.25, -0.2) is 4.98 Å². The first-order chi connectivity index (χ1) is 10.1. The van der Waals surface area contributed by atoms with Crippen molar-refractivity contribution in [3.05, 3.63) is 39.6 Å². The van der Waals surface area contributed by atoms with Crippen LogP contribution in [0, 0.1) is 0 Å². The summed E-state index contributed by atoms with van der Waals surface area (Å²) in [4.78, 5) is 22.8. The molecule has 3 aromatic rings. The molecule has 0 spiro atoms. The first kappa shape index (κ1) is 13.6. The Hall–Kier alpha value is -2.38. The van der Waals surface area contributed by atoms with Gasteiger partial charge in [0, 0.05) is 17.1 Å². The van der Waals surface area contributed by atoms with Gasteiger partial charge < -0.3 is 15.4 Å². The highest BCUT2D eigenvalue weighted by Gasteiger charge is 2.16. The molecule has 0 atom stereocenters. The van der Waals surface area contributed by atoms with Gasteiger partial charge in [-0.3, -0.25) is 9.78 Å². The molecule has 1 aromatic carbocycles. The number of aromatic amines is 1. The molecule has 0 bridgehead atoms. The molecule has 8 heteroatoms. The fraction of sp³-hybridized carbons (Fsp3) is 0.154. The smallest absolute Gasteiger partial charge is 0.280 e. The van der Waals surface area contributed by atoms with Crippen LogP contribution in [0.15, 0.2) is 29.1 Å². The lowest BCUT2D eigenvalue weighted by molar-refractivity contribution is 0.278. The first-order valence-corrected chi connectivity index (χ1v) is 6.61. The highest BCUT2D eigenvalue weighted by Crippen LogP contribution is 2.23. The fourth-order valence-corrected chi connectivity index (χ4v) is 2.28. The number of aromatic nitrogens is 4. The highest BCUT2D eigenvalue weighted by atomic mass is 35.5. The van der Waals surface area contributed by atoms with Crippen molar-refractivity contribution in [2.45, 2.75) is 6.54 Å². The average Bonchev–Trinajstić information content (AvgIpc) is 2.80. The number of fused-ring (bicyclic) bond motifs is 1. The Morgan fingerprint density at radius 1 is 1.29 bits per heavy atom. The molecule has 3 rings (SSSR count). The fourth-order valence-electron chi connectivity index (χ4n) is 2.16. The van der Waals surface area contributed by atoms with Crippen LogP contribution in [-0.2, 0) is 6.54 Å². The first-order valence-electron chi connectivity index (χ1n) is 6.23. The monoisotopic (exact) mass is 305 g/mol. The number of nitrogens with two attached hydrogens (primary N) is 1. The number of imidazole rings is 1. The number of H-pyrrole nitrogens is 1. The van der Waals surface area contributed by atoms with E-state index in [1.807, 2.05) is 0 Å². The van der Waals surface area contributed by atoms with Gasteiger partial charge in [0.25, 0.3) is 5.56 Å². The van der Waals surface area contributed by atoms with E-state index in [1.165, 1.54) is 0 Å². The summed E-state index contributed by atoms with van der Waals surface area (Å²) in [5.41, 5.74) is 6.45. The van der Waals surface area contributed by atoms with E-state index >= 15 is 0 Å². The van der Waals surface area contributed by atoms with Gasteiger partial charge in [-0.2, -0.15) is 4.98 Å². The van der Waals surface area contributed by atoms with Crippen LogP contribution in [0.2, 0.25) is 5.02 Å². The molecule has 4 N–H and O–H groups in total. The lowest BCUT2D eigenvalue weighted by Gasteiger charge is -2.06. The van der Waals surface area contributed by atoms with Gasteiger partial charge in [-0.05, 0) is 24.3 Å². The molecule has 0 aliphatic heterocycles. The van der Waals surface area contributed by atoms with Crippen LogP contribution in [0.25, 0.3) is 22.6 Å². The summed E-state index contributed by atoms with van der Waals surface area (Å²) in [5.74, 6) is 0.536. The minimum Gasteiger partial charge on any atom is -0.395 e. The molecule has 2 aromatic heterocycles. The van der Waals surface area contributed by atoms with Crippen molar-refractivity contribution < 1.29 is 5.11 Å². The number of nitrogen functional groups attached to an aromatic ring is 1. The molecular formula is C13H12ClN5O2. The Bertz CT molecular complexity index is 853. The number of hydrogen-bond donors (Lipinski definition) is 3. The van der Waals surface area contributed by atoms with Crippen LogP contribution in [0.5, 0.6) is 0 Å². The second-order valence-corrected chi connectivity index (χ2v) is 4.88. The number of halogens is 1. The number of benzene rings is 1. The predicted octanol–water partition coefficient (Wildman–Crippen LogP) is 1.01. The Balaban J connectivity index is 2.31. The zero-order valence-electron chi connectivity index (χ0n) is 10.9. The van der Waals surface area contributed by atoms with Crippen molar-refractivity contribution in [2.75, 3.05) is 12.3 Å². The molecule has 0 unspecified atom stereocenters. The minimum absolute atomic E-state index is 0.00856. The van der Waals surface area contributed by atoms with Gasteiger partial charge in [-0.15, -0.1) is 0 Å². The lowest BCUT2D eigenvalue weighted by Crippen LogP contribution is -2.12. The van der Waals surface area contributed by atoms with Crippen molar-refractivity contribution in [2.24, 2.45) is 0 Å². The van der Waals surface area contributed by atoms with Gasteiger partial charge in [0.1, 0.15) is 5.82 Å². The number of nitrogens with one attached hydrogen (secondary N) is 1. The molecule has 108 valence electrons. The van der Waals surface area contributed by atoms with E-state index < -0.39 is 5.56 Å². The third kappa shape index (κ3) is 2.37. The Morgan fingerprint density at radius 3 is 2.67 bits per heavy atom. The van der Waals surface area contributed by atoms with Crippen LogP contribution in [0.1, 0.15) is 0 Å². The SMILES string of the molecule is Nc1nc2c(nc(-c3ccc(Cl)cc3)n2CCO)c(=O)[nH]1. The van der Waals surface area contributed by atoms with Crippen LogP contribution in [0.4, 0.5) is 5.95 Å². The van der Waals surface area contributed by atoms with E-state index in [0.29, 0.717) is 16.5 Å². The Kier molecular flexibility index (Phi) is 3.36. The van der Waals surface area contributed by atoms with Crippen LogP contribution >= 0.6 is 11.6 Å². The van der Waals surface area contributed by atoms with Crippen LogP contribution in [-0.4, -0.2) is 31.2 Å². The third-order valence-electron chi connectivity index (χ3n) is 3.05. The summed E-state index contributed by atoms with van der Waals surface area (Å²) >= 11 is 5.87. The molecule has 0 aliphatic rings. The van der Waals surface area contributed by atoms with Crippen molar-refractivity contribution in [1.82, 2.24) is 19.5 Å². The molecule has 2 heterocycles. The molecule has 7 nitrogen and oxygen atoms in total. The maximum absolute atomic E-state index is 11.9. The number of aliphatic hydroxyl groups excluding tert-OH is 1. The number of nitrogens with zero attached hydrogens (tertiary/aromatic N) is 3. The number of anilines is 1. The summed E-state index contributed by atoms with van der Waals surface area (Å²) < 4.78 is 1.66. The highest BCUT2D eigenvalue weighted by molar-refractivity contribution is 6.30. The quantitative estimate of drug-likeness (QED) is 0.669. The van der Waals surface area contributed by atoms with Gasteiger partial charge in [0.05, 0.1) is 6.61 Å². The van der Waals surface area contributed by atoms with Crippen molar-refractivity contribution in [1.29, 1.82) is 0 Å². The molecule has 0 aliphatic carbocycles. The summed E-state index contributed by atoms with van der Waals surface area (Å²) in [6, 6.07) is 7.03. The van der Waals surface area contributed by atoms with Crippen molar-refractivity contribution in [3.8, 4) is 11.4 Å². The average molecular weight is 306 g/mol. The Morgan fingerprint density at radius 2 is 2.00 bits per heavy atom. The predicted molar refractivity (Wildman–Crippen MR) is 80.1 cm³/mol. The van der Waals surface area contributed by atoms with E-state index in [2.05, 4.69) is 15.0 Å². The molecule has 0 saturated carbocycles. The van der Waals surface area contributed by atoms with Gasteiger partial charge >= 0.3 is 0 Å². The summed E-state index contributed by atoms with van der Waals surface area (Å²) in [7, 11) is 0. The largest absolute Gasteiger partial charge is 0.395 e. The summed E-state index contributed by atoms with van der Waals surface area (Å²) in [6.07, 6.45) is 0. The van der Waals surface area contributed by atoms with Crippen LogP contribution < -0.4 is 11.3 Å². The van der Waals surface area contributed by atoms with E-state index in [4.69, 9.17) is 17.3 Å². The van der Waals surface area contributed by atoms with E-state index in [9.17, 15) is 9.90 Å². The van der Waals surface area contributed by atoms with Crippen molar-refractivity contribution >= 4 is 28.7 Å².